The number of fused-ring (bicyclic) bond motifs is 4. The Morgan fingerprint density at radius 2 is 1.68 bits per heavy atom. The lowest BCUT2D eigenvalue weighted by Gasteiger charge is -1.98. The maximum absolute atomic E-state index is 4.70. The second-order valence-corrected chi connectivity index (χ2v) is 5.08. The molecule has 0 spiro atoms. The van der Waals surface area contributed by atoms with Gasteiger partial charge in [-0.2, -0.15) is 14.6 Å². The normalized spacial score (nSPS) is 11.6. The van der Waals surface area contributed by atoms with Gasteiger partial charge < -0.3 is 4.98 Å². The summed E-state index contributed by atoms with van der Waals surface area (Å²) in [5.74, 6) is 1.17. The second kappa shape index (κ2) is 4.11. The smallest absolute Gasteiger partial charge is 0.274 e. The minimum absolute atomic E-state index is 0.484. The number of nitrogens with one attached hydrogen (secondary N) is 1. The van der Waals surface area contributed by atoms with Gasteiger partial charge in [-0.1, -0.05) is 48.5 Å². The first kappa shape index (κ1) is 11.4. The Bertz CT molecular complexity index is 1120. The zero-order valence-corrected chi connectivity index (χ0v) is 11.4. The molecule has 0 fully saturated rings. The van der Waals surface area contributed by atoms with E-state index in [0.29, 0.717) is 11.6 Å². The van der Waals surface area contributed by atoms with E-state index in [9.17, 15) is 0 Å². The molecule has 0 amide bonds. The van der Waals surface area contributed by atoms with Crippen LogP contribution in [0, 0.1) is 0 Å². The van der Waals surface area contributed by atoms with Crippen molar-refractivity contribution in [3.8, 4) is 11.4 Å². The van der Waals surface area contributed by atoms with Crippen molar-refractivity contribution < 1.29 is 0 Å². The molecule has 6 nitrogen and oxygen atoms in total. The maximum Gasteiger partial charge on any atom is 0.274 e. The van der Waals surface area contributed by atoms with E-state index in [1.54, 1.807) is 4.52 Å². The molecule has 0 atom stereocenters. The summed E-state index contributed by atoms with van der Waals surface area (Å²) in [5, 5.41) is 14.1. The van der Waals surface area contributed by atoms with Crippen LogP contribution in [0.25, 0.3) is 39.2 Å². The van der Waals surface area contributed by atoms with Crippen LogP contribution in [0.1, 0.15) is 0 Å². The number of aromatic amines is 1. The highest BCUT2D eigenvalue weighted by Crippen LogP contribution is 2.23. The first-order chi connectivity index (χ1) is 10.9. The third-order valence-electron chi connectivity index (χ3n) is 3.73. The van der Waals surface area contributed by atoms with Gasteiger partial charge >= 0.3 is 0 Å². The first-order valence-corrected chi connectivity index (χ1v) is 6.95. The number of rotatable bonds is 1. The number of nitrogens with zero attached hydrogens (tertiary/aromatic N) is 5. The van der Waals surface area contributed by atoms with E-state index in [1.165, 1.54) is 0 Å². The molecule has 0 saturated carbocycles. The number of H-pyrrole nitrogens is 1. The fourth-order valence-corrected chi connectivity index (χ4v) is 2.70. The first-order valence-electron chi connectivity index (χ1n) is 6.95. The minimum atomic E-state index is 0.484. The van der Waals surface area contributed by atoms with Crippen LogP contribution in [0.3, 0.4) is 0 Å². The zero-order valence-electron chi connectivity index (χ0n) is 11.4. The Labute approximate surface area is 124 Å². The summed E-state index contributed by atoms with van der Waals surface area (Å²) in [6, 6.07) is 17.9. The van der Waals surface area contributed by atoms with Gasteiger partial charge in [-0.25, -0.2) is 0 Å². The van der Waals surface area contributed by atoms with Gasteiger partial charge in [-0.05, 0) is 6.07 Å². The van der Waals surface area contributed by atoms with Crippen molar-refractivity contribution >= 4 is 27.8 Å². The summed E-state index contributed by atoms with van der Waals surface area (Å²) in [5.41, 5.74) is 3.52. The summed E-state index contributed by atoms with van der Waals surface area (Å²) in [6.07, 6.45) is 0. The third-order valence-corrected chi connectivity index (χ3v) is 3.73. The monoisotopic (exact) mass is 286 g/mol. The molecule has 0 aliphatic rings. The van der Waals surface area contributed by atoms with Gasteiger partial charge in [0.05, 0.1) is 0 Å². The predicted octanol–water partition coefficient (Wildman–Crippen LogP) is 2.82. The SMILES string of the molecule is c1ccc(-c2nnc3nc4[nH]c5ccccc5c4nn23)cc1. The average molecular weight is 286 g/mol. The summed E-state index contributed by atoms with van der Waals surface area (Å²) >= 11 is 0. The van der Waals surface area contributed by atoms with Crippen LogP contribution in [0.15, 0.2) is 54.6 Å². The van der Waals surface area contributed by atoms with Gasteiger partial charge in [0.1, 0.15) is 5.52 Å². The summed E-state index contributed by atoms with van der Waals surface area (Å²) in [7, 11) is 0. The lowest BCUT2D eigenvalue weighted by atomic mass is 10.2. The van der Waals surface area contributed by atoms with E-state index < -0.39 is 0 Å². The highest BCUT2D eigenvalue weighted by atomic mass is 15.4. The molecule has 104 valence electrons. The highest BCUT2D eigenvalue weighted by molar-refractivity contribution is 6.03. The van der Waals surface area contributed by atoms with Crippen LogP contribution in [0.2, 0.25) is 0 Å². The van der Waals surface area contributed by atoms with Crippen LogP contribution in [0.4, 0.5) is 0 Å². The van der Waals surface area contributed by atoms with Crippen LogP contribution in [0.5, 0.6) is 0 Å². The van der Waals surface area contributed by atoms with Crippen molar-refractivity contribution in [3.05, 3.63) is 54.6 Å². The van der Waals surface area contributed by atoms with Gasteiger partial charge in [0.25, 0.3) is 5.78 Å². The molecule has 5 aromatic rings. The molecule has 3 aromatic heterocycles. The van der Waals surface area contributed by atoms with Crippen LogP contribution in [-0.4, -0.2) is 29.8 Å². The molecule has 0 bridgehead atoms. The molecule has 5 rings (SSSR count). The van der Waals surface area contributed by atoms with E-state index in [-0.39, 0.29) is 0 Å². The topological polar surface area (TPSA) is 71.8 Å². The molecule has 0 aliphatic carbocycles. The highest BCUT2D eigenvalue weighted by Gasteiger charge is 2.14. The Balaban J connectivity index is 1.89. The van der Waals surface area contributed by atoms with Crippen molar-refractivity contribution in [2.24, 2.45) is 0 Å². The molecule has 0 aliphatic heterocycles. The molecule has 0 saturated heterocycles. The van der Waals surface area contributed by atoms with Crippen molar-refractivity contribution in [1.29, 1.82) is 0 Å². The summed E-state index contributed by atoms with van der Waals surface area (Å²) < 4.78 is 1.69. The van der Waals surface area contributed by atoms with Gasteiger partial charge in [0.15, 0.2) is 11.5 Å². The Morgan fingerprint density at radius 3 is 2.59 bits per heavy atom. The van der Waals surface area contributed by atoms with E-state index in [4.69, 9.17) is 5.10 Å². The fourth-order valence-electron chi connectivity index (χ4n) is 2.70. The standard InChI is InChI=1S/C16H10N6/c1-2-6-10(7-3-1)15-19-20-16-18-14-13(21-22(15)16)11-8-4-5-9-12(11)17-14/h1-9H,(H,17,18,20). The summed E-state index contributed by atoms with van der Waals surface area (Å²) in [4.78, 5) is 7.80. The van der Waals surface area contributed by atoms with Crippen molar-refractivity contribution in [2.75, 3.05) is 0 Å². The molecular formula is C16H10N6. The third kappa shape index (κ3) is 1.49. The van der Waals surface area contributed by atoms with Crippen LogP contribution < -0.4 is 0 Å². The molecule has 22 heavy (non-hydrogen) atoms. The second-order valence-electron chi connectivity index (χ2n) is 5.08. The lowest BCUT2D eigenvalue weighted by Crippen LogP contribution is -1.97. The van der Waals surface area contributed by atoms with Crippen molar-refractivity contribution in [1.82, 2.24) is 29.8 Å². The van der Waals surface area contributed by atoms with Crippen LogP contribution >= 0.6 is 0 Å². The minimum Gasteiger partial charge on any atom is -0.338 e. The van der Waals surface area contributed by atoms with E-state index in [1.807, 2.05) is 54.6 Å². The Kier molecular flexibility index (Phi) is 2.13. The van der Waals surface area contributed by atoms with Gasteiger partial charge in [-0.3, -0.25) is 0 Å². The van der Waals surface area contributed by atoms with E-state index >= 15 is 0 Å². The van der Waals surface area contributed by atoms with E-state index in [2.05, 4.69) is 20.2 Å². The Morgan fingerprint density at radius 1 is 0.864 bits per heavy atom. The van der Waals surface area contributed by atoms with Crippen molar-refractivity contribution in [2.45, 2.75) is 0 Å². The van der Waals surface area contributed by atoms with Gasteiger partial charge in [0.2, 0.25) is 0 Å². The molecule has 6 heteroatoms. The average Bonchev–Trinajstić information content (AvgIpc) is 3.14. The number of aromatic nitrogens is 6. The quantitative estimate of drug-likeness (QED) is 0.514. The molecule has 2 aromatic carbocycles. The molecule has 0 unspecified atom stereocenters. The summed E-state index contributed by atoms with van der Waals surface area (Å²) in [6.45, 7) is 0. The van der Waals surface area contributed by atoms with Crippen molar-refractivity contribution in [3.63, 3.8) is 0 Å². The number of hydrogen-bond acceptors (Lipinski definition) is 4. The number of benzene rings is 2. The Hall–Kier alpha value is -3.28. The predicted molar refractivity (Wildman–Crippen MR) is 83.4 cm³/mol. The van der Waals surface area contributed by atoms with Crippen LogP contribution in [-0.2, 0) is 0 Å². The molecule has 0 radical (unpaired) electrons. The molecule has 1 N–H and O–H groups in total. The van der Waals surface area contributed by atoms with Gasteiger partial charge in [-0.15, -0.1) is 10.2 Å². The maximum atomic E-state index is 4.70. The zero-order chi connectivity index (χ0) is 14.5. The van der Waals surface area contributed by atoms with Gasteiger partial charge in [0, 0.05) is 16.5 Å². The number of para-hydroxylation sites is 1. The van der Waals surface area contributed by atoms with E-state index in [0.717, 1.165) is 27.6 Å². The number of hydrogen-bond donors (Lipinski definition) is 1. The lowest BCUT2D eigenvalue weighted by molar-refractivity contribution is 0.946. The molecular weight excluding hydrogens is 276 g/mol. The fraction of sp³-hybridized carbons (Fsp3) is 0. The molecule has 3 heterocycles. The largest absolute Gasteiger partial charge is 0.338 e.